The zero-order valence-corrected chi connectivity index (χ0v) is 14.2. The molecule has 1 aliphatic heterocycles. The molecule has 1 aliphatic rings. The van der Waals surface area contributed by atoms with Gasteiger partial charge in [0.05, 0.1) is 30.8 Å². The van der Waals surface area contributed by atoms with E-state index in [0.29, 0.717) is 6.61 Å². The molecule has 2 aromatic heterocycles. The van der Waals surface area contributed by atoms with Crippen molar-refractivity contribution in [1.29, 1.82) is 0 Å². The number of benzene rings is 2. The second-order valence-corrected chi connectivity index (χ2v) is 6.97. The molecule has 0 amide bonds. The summed E-state index contributed by atoms with van der Waals surface area (Å²) in [6, 6.07) is 16.6. The molecule has 0 atom stereocenters. The van der Waals surface area contributed by atoms with Crippen LogP contribution < -0.4 is 4.74 Å². The van der Waals surface area contributed by atoms with Gasteiger partial charge in [-0.15, -0.1) is 0 Å². The number of fused-ring (bicyclic) bond motifs is 5. The second kappa shape index (κ2) is 5.46. The summed E-state index contributed by atoms with van der Waals surface area (Å²) in [4.78, 5) is 4.86. The maximum atomic E-state index is 6.26. The number of aromatic nitrogens is 2. The van der Waals surface area contributed by atoms with Crippen molar-refractivity contribution in [3.8, 4) is 5.75 Å². The van der Waals surface area contributed by atoms with E-state index in [0.717, 1.165) is 47.5 Å². The van der Waals surface area contributed by atoms with E-state index in [9.17, 15) is 0 Å². The number of hydrogen-bond acceptors (Lipinski definition) is 3. The van der Waals surface area contributed by atoms with Crippen molar-refractivity contribution >= 4 is 27.5 Å². The summed E-state index contributed by atoms with van der Waals surface area (Å²) >= 11 is 0. The highest BCUT2D eigenvalue weighted by molar-refractivity contribution is 5.99. The smallest absolute Gasteiger partial charge is 0.145 e. The van der Waals surface area contributed by atoms with E-state index < -0.39 is 0 Å². The summed E-state index contributed by atoms with van der Waals surface area (Å²) in [6.45, 7) is 4.46. The second-order valence-electron chi connectivity index (χ2n) is 6.97. The number of pyridine rings is 1. The zero-order chi connectivity index (χ0) is 16.9. The van der Waals surface area contributed by atoms with Crippen LogP contribution in [0.25, 0.3) is 27.5 Å². The van der Waals surface area contributed by atoms with Gasteiger partial charge in [0.2, 0.25) is 0 Å². The van der Waals surface area contributed by atoms with Crippen molar-refractivity contribution in [3.63, 3.8) is 0 Å². The molecule has 4 aromatic rings. The molecule has 4 nitrogen and oxygen atoms in total. The summed E-state index contributed by atoms with van der Waals surface area (Å²) < 4.78 is 13.8. The van der Waals surface area contributed by atoms with E-state index in [1.807, 2.05) is 18.2 Å². The summed E-state index contributed by atoms with van der Waals surface area (Å²) in [5.74, 6) is 0.889. The predicted octanol–water partition coefficient (Wildman–Crippen LogP) is 4.45. The normalized spacial score (nSPS) is 16.4. The maximum Gasteiger partial charge on any atom is 0.145 e. The molecule has 0 N–H and O–H groups in total. The Balaban J connectivity index is 1.65. The Morgan fingerprint density at radius 1 is 1.12 bits per heavy atom. The van der Waals surface area contributed by atoms with Gasteiger partial charge in [-0.25, -0.2) is 4.98 Å². The molecule has 0 bridgehead atoms. The quantitative estimate of drug-likeness (QED) is 0.554. The minimum atomic E-state index is 0.162. The number of para-hydroxylation sites is 1. The lowest BCUT2D eigenvalue weighted by molar-refractivity contribution is -0.133. The van der Waals surface area contributed by atoms with Gasteiger partial charge in [0.1, 0.15) is 16.9 Å². The Bertz CT molecular complexity index is 1070. The van der Waals surface area contributed by atoms with E-state index in [4.69, 9.17) is 14.5 Å². The Kier molecular flexibility index (Phi) is 3.22. The lowest BCUT2D eigenvalue weighted by Crippen LogP contribution is -2.46. The first-order valence-electron chi connectivity index (χ1n) is 8.79. The van der Waals surface area contributed by atoms with Crippen LogP contribution in [0.1, 0.15) is 13.3 Å². The summed E-state index contributed by atoms with van der Waals surface area (Å²) in [5, 5.41) is 2.36. The fourth-order valence-corrected chi connectivity index (χ4v) is 3.58. The van der Waals surface area contributed by atoms with Crippen LogP contribution in [0.2, 0.25) is 0 Å². The first-order valence-corrected chi connectivity index (χ1v) is 8.79. The zero-order valence-electron chi connectivity index (χ0n) is 14.2. The molecule has 4 heteroatoms. The summed E-state index contributed by atoms with van der Waals surface area (Å²) in [6.07, 6.45) is 3.16. The number of nitrogens with zero attached hydrogens (tertiary/aromatic N) is 2. The molecule has 5 rings (SSSR count). The van der Waals surface area contributed by atoms with Gasteiger partial charge in [-0.2, -0.15) is 0 Å². The van der Waals surface area contributed by atoms with Gasteiger partial charge in [0.15, 0.2) is 0 Å². The standard InChI is InChI=1S/C21H20N2O2/c1-2-21(12-24-13-21)14-25-18-9-5-8-17-19(18)23-11-10-15-6-3-4-7-16(15)20(23)22-17/h3-11H,2,12-14H2,1H3. The first-order chi connectivity index (χ1) is 12.3. The monoisotopic (exact) mass is 332 g/mol. The third-order valence-corrected chi connectivity index (χ3v) is 5.38. The van der Waals surface area contributed by atoms with Crippen LogP contribution in [0, 0.1) is 5.41 Å². The molecule has 2 aromatic carbocycles. The number of rotatable bonds is 4. The predicted molar refractivity (Wildman–Crippen MR) is 99.2 cm³/mol. The van der Waals surface area contributed by atoms with Gasteiger partial charge in [0.25, 0.3) is 0 Å². The van der Waals surface area contributed by atoms with E-state index in [1.165, 1.54) is 5.39 Å². The van der Waals surface area contributed by atoms with Gasteiger partial charge >= 0.3 is 0 Å². The highest BCUT2D eigenvalue weighted by Gasteiger charge is 2.37. The Morgan fingerprint density at radius 3 is 2.80 bits per heavy atom. The minimum absolute atomic E-state index is 0.162. The van der Waals surface area contributed by atoms with Crippen molar-refractivity contribution in [2.24, 2.45) is 5.41 Å². The molecule has 0 unspecified atom stereocenters. The van der Waals surface area contributed by atoms with Crippen LogP contribution in [0.15, 0.2) is 54.7 Å². The summed E-state index contributed by atoms with van der Waals surface area (Å²) in [5.41, 5.74) is 3.13. The number of ether oxygens (including phenoxy) is 2. The van der Waals surface area contributed by atoms with Gasteiger partial charge in [-0.05, 0) is 30.0 Å². The van der Waals surface area contributed by atoms with Crippen LogP contribution in [-0.2, 0) is 4.74 Å². The Hall–Kier alpha value is -2.59. The topological polar surface area (TPSA) is 35.8 Å². The maximum absolute atomic E-state index is 6.26. The molecule has 126 valence electrons. The summed E-state index contributed by atoms with van der Waals surface area (Å²) in [7, 11) is 0. The van der Waals surface area contributed by atoms with Crippen LogP contribution in [0.5, 0.6) is 5.75 Å². The molecule has 1 fully saturated rings. The SMILES string of the molecule is CCC1(COc2cccc3nc4c5ccccc5ccn4c23)COC1. The van der Waals surface area contributed by atoms with Crippen LogP contribution in [0.4, 0.5) is 0 Å². The largest absolute Gasteiger partial charge is 0.491 e. The molecular formula is C21H20N2O2. The number of hydrogen-bond donors (Lipinski definition) is 0. The lowest BCUT2D eigenvalue weighted by Gasteiger charge is -2.40. The molecule has 0 radical (unpaired) electrons. The fourth-order valence-electron chi connectivity index (χ4n) is 3.58. The van der Waals surface area contributed by atoms with Crippen LogP contribution in [0.3, 0.4) is 0 Å². The first kappa shape index (κ1) is 14.7. The van der Waals surface area contributed by atoms with Crippen molar-refractivity contribution < 1.29 is 9.47 Å². The highest BCUT2D eigenvalue weighted by Crippen LogP contribution is 2.34. The molecule has 1 saturated heterocycles. The molecule has 0 saturated carbocycles. The number of imidazole rings is 1. The van der Waals surface area contributed by atoms with Crippen molar-refractivity contribution in [3.05, 3.63) is 54.7 Å². The van der Waals surface area contributed by atoms with E-state index in [1.54, 1.807) is 0 Å². The Labute approximate surface area is 146 Å². The van der Waals surface area contributed by atoms with E-state index in [2.05, 4.69) is 47.9 Å². The van der Waals surface area contributed by atoms with Gasteiger partial charge in [-0.1, -0.05) is 37.3 Å². The molecular weight excluding hydrogens is 312 g/mol. The van der Waals surface area contributed by atoms with Crippen molar-refractivity contribution in [2.45, 2.75) is 13.3 Å². The van der Waals surface area contributed by atoms with E-state index in [-0.39, 0.29) is 5.41 Å². The third kappa shape index (κ3) is 2.21. The average molecular weight is 332 g/mol. The fraction of sp³-hybridized carbons (Fsp3) is 0.286. The third-order valence-electron chi connectivity index (χ3n) is 5.38. The highest BCUT2D eigenvalue weighted by atomic mass is 16.5. The molecule has 3 heterocycles. The van der Waals surface area contributed by atoms with Gasteiger partial charge in [-0.3, -0.25) is 4.40 Å². The average Bonchev–Trinajstić information content (AvgIpc) is 3.01. The molecule has 0 aliphatic carbocycles. The van der Waals surface area contributed by atoms with Crippen LogP contribution in [-0.4, -0.2) is 29.2 Å². The molecule has 0 spiro atoms. The molecule has 25 heavy (non-hydrogen) atoms. The van der Waals surface area contributed by atoms with Gasteiger partial charge in [0, 0.05) is 11.6 Å². The van der Waals surface area contributed by atoms with Crippen molar-refractivity contribution in [1.82, 2.24) is 9.38 Å². The Morgan fingerprint density at radius 2 is 2.00 bits per heavy atom. The minimum Gasteiger partial charge on any atom is -0.491 e. The van der Waals surface area contributed by atoms with Gasteiger partial charge < -0.3 is 9.47 Å². The lowest BCUT2D eigenvalue weighted by atomic mass is 9.84. The van der Waals surface area contributed by atoms with Crippen LogP contribution >= 0.6 is 0 Å². The van der Waals surface area contributed by atoms with E-state index >= 15 is 0 Å². The van der Waals surface area contributed by atoms with Crippen molar-refractivity contribution in [2.75, 3.05) is 19.8 Å².